The molecule has 0 N–H and O–H groups in total. The average Bonchev–Trinajstić information content (AvgIpc) is 3.11. The molecule has 0 unspecified atom stereocenters. The number of pyridine rings is 2. The molecular formula is C44H32N2. The second-order valence-corrected chi connectivity index (χ2v) is 11.9. The van der Waals surface area contributed by atoms with Gasteiger partial charge in [0.1, 0.15) is 0 Å². The van der Waals surface area contributed by atoms with Crippen LogP contribution in [0.25, 0.3) is 77.2 Å². The minimum absolute atomic E-state index is 1.02. The first-order valence-corrected chi connectivity index (χ1v) is 15.7. The number of rotatable bonds is 5. The highest BCUT2D eigenvalue weighted by atomic mass is 14.7. The van der Waals surface area contributed by atoms with Crippen LogP contribution < -0.4 is 0 Å². The quantitative estimate of drug-likeness (QED) is 0.200. The lowest BCUT2D eigenvalue weighted by Crippen LogP contribution is -1.90. The summed E-state index contributed by atoms with van der Waals surface area (Å²) >= 11 is 0. The normalized spacial score (nSPS) is 11.3. The third kappa shape index (κ3) is 4.95. The zero-order valence-corrected chi connectivity index (χ0v) is 25.9. The second-order valence-electron chi connectivity index (χ2n) is 11.9. The molecule has 0 bridgehead atoms. The maximum absolute atomic E-state index is 4.52. The molecule has 2 heterocycles. The van der Waals surface area contributed by atoms with Crippen molar-refractivity contribution in [2.45, 2.75) is 13.8 Å². The summed E-state index contributed by atoms with van der Waals surface area (Å²) in [5, 5.41) is 4.98. The van der Waals surface area contributed by atoms with E-state index in [1.807, 2.05) is 25.4 Å². The third-order valence-electron chi connectivity index (χ3n) is 9.05. The Morgan fingerprint density at radius 1 is 0.348 bits per heavy atom. The summed E-state index contributed by atoms with van der Waals surface area (Å²) in [5.41, 5.74) is 14.0. The van der Waals surface area contributed by atoms with Crippen molar-refractivity contribution in [3.63, 3.8) is 0 Å². The van der Waals surface area contributed by atoms with Crippen LogP contribution in [-0.2, 0) is 0 Å². The molecule has 6 aromatic carbocycles. The van der Waals surface area contributed by atoms with Gasteiger partial charge in [0.25, 0.3) is 0 Å². The van der Waals surface area contributed by atoms with Gasteiger partial charge in [-0.3, -0.25) is 9.97 Å². The number of hydrogen-bond acceptors (Lipinski definition) is 2. The largest absolute Gasteiger partial charge is 0.261 e. The van der Waals surface area contributed by atoms with E-state index < -0.39 is 0 Å². The number of hydrogen-bond donors (Lipinski definition) is 0. The standard InChI is InChI=1S/C44H32N2/c1-29-19-20-35(28-46-29)31-10-7-12-33(26-31)37-21-23-43(41-16-5-3-14-39(37)41)44-24-22-38(40-15-4-6-17-42(40)44)34-13-8-11-32(27-34)36-18-9-25-45-30(36)2/h3-28H,1-2H3. The molecule has 2 aromatic heterocycles. The highest BCUT2D eigenvalue weighted by Crippen LogP contribution is 2.41. The molecule has 0 saturated heterocycles. The Kier molecular flexibility index (Phi) is 6.96. The summed E-state index contributed by atoms with van der Waals surface area (Å²) in [7, 11) is 0. The molecule has 0 saturated carbocycles. The monoisotopic (exact) mass is 588 g/mol. The van der Waals surface area contributed by atoms with E-state index in [1.165, 1.54) is 66.1 Å². The van der Waals surface area contributed by atoms with Gasteiger partial charge in [-0.15, -0.1) is 0 Å². The summed E-state index contributed by atoms with van der Waals surface area (Å²) in [6.07, 6.45) is 3.81. The molecule has 8 aromatic rings. The van der Waals surface area contributed by atoms with Crippen molar-refractivity contribution in [1.82, 2.24) is 9.97 Å². The van der Waals surface area contributed by atoms with Gasteiger partial charge in [-0.2, -0.15) is 0 Å². The molecule has 0 spiro atoms. The Hall–Kier alpha value is -5.86. The highest BCUT2D eigenvalue weighted by Gasteiger charge is 2.15. The van der Waals surface area contributed by atoms with Gasteiger partial charge in [0, 0.05) is 34.9 Å². The predicted octanol–water partition coefficient (Wildman–Crippen LogP) is 11.7. The SMILES string of the molecule is Cc1ccc(-c2cccc(-c3ccc(-c4ccc(-c5cccc(-c6cccnc6C)c5)c5ccccc45)c4ccccc34)c2)cn1. The first-order chi connectivity index (χ1) is 22.6. The molecule has 0 aliphatic heterocycles. The summed E-state index contributed by atoms with van der Waals surface area (Å²) in [6, 6.07) is 52.7. The van der Waals surface area contributed by atoms with Crippen LogP contribution in [0.15, 0.2) is 158 Å². The Morgan fingerprint density at radius 3 is 1.39 bits per heavy atom. The Balaban J connectivity index is 1.25. The van der Waals surface area contributed by atoms with Gasteiger partial charge >= 0.3 is 0 Å². The number of aromatic nitrogens is 2. The van der Waals surface area contributed by atoms with Crippen LogP contribution in [0.3, 0.4) is 0 Å². The Morgan fingerprint density at radius 2 is 0.848 bits per heavy atom. The van der Waals surface area contributed by atoms with Crippen LogP contribution in [0.1, 0.15) is 11.4 Å². The summed E-state index contributed by atoms with van der Waals surface area (Å²) < 4.78 is 0. The van der Waals surface area contributed by atoms with Gasteiger partial charge in [0.15, 0.2) is 0 Å². The molecule has 0 amide bonds. The fraction of sp³-hybridized carbons (Fsp3) is 0.0455. The van der Waals surface area contributed by atoms with E-state index in [0.29, 0.717) is 0 Å². The molecule has 2 nitrogen and oxygen atoms in total. The van der Waals surface area contributed by atoms with Gasteiger partial charge in [0.05, 0.1) is 0 Å². The molecule has 8 rings (SSSR count). The molecule has 0 aliphatic carbocycles. The van der Waals surface area contributed by atoms with Gasteiger partial charge < -0.3 is 0 Å². The van der Waals surface area contributed by atoms with Gasteiger partial charge in [-0.25, -0.2) is 0 Å². The predicted molar refractivity (Wildman–Crippen MR) is 194 cm³/mol. The molecule has 2 heteroatoms. The van der Waals surface area contributed by atoms with Crippen LogP contribution in [0.2, 0.25) is 0 Å². The van der Waals surface area contributed by atoms with Crippen molar-refractivity contribution in [2.75, 3.05) is 0 Å². The number of nitrogens with zero attached hydrogens (tertiary/aromatic N) is 2. The van der Waals surface area contributed by atoms with Crippen molar-refractivity contribution in [1.29, 1.82) is 0 Å². The van der Waals surface area contributed by atoms with E-state index in [4.69, 9.17) is 0 Å². The lowest BCUT2D eigenvalue weighted by molar-refractivity contribution is 1.20. The van der Waals surface area contributed by atoms with Crippen molar-refractivity contribution in [2.24, 2.45) is 0 Å². The fourth-order valence-corrected chi connectivity index (χ4v) is 6.72. The molecular weight excluding hydrogens is 556 g/mol. The van der Waals surface area contributed by atoms with Crippen molar-refractivity contribution in [3.8, 4) is 55.6 Å². The zero-order chi connectivity index (χ0) is 31.0. The molecule has 0 fully saturated rings. The van der Waals surface area contributed by atoms with Gasteiger partial charge in [-0.1, -0.05) is 121 Å². The minimum Gasteiger partial charge on any atom is -0.261 e. The lowest BCUT2D eigenvalue weighted by Gasteiger charge is -2.16. The summed E-state index contributed by atoms with van der Waals surface area (Å²) in [5.74, 6) is 0. The van der Waals surface area contributed by atoms with Crippen molar-refractivity contribution in [3.05, 3.63) is 169 Å². The topological polar surface area (TPSA) is 25.8 Å². The average molecular weight is 589 g/mol. The van der Waals surface area contributed by atoms with E-state index >= 15 is 0 Å². The second kappa shape index (κ2) is 11.6. The number of fused-ring (bicyclic) bond motifs is 2. The smallest absolute Gasteiger partial charge is 0.0450 e. The van der Waals surface area contributed by atoms with E-state index in [1.54, 1.807) is 0 Å². The van der Waals surface area contributed by atoms with Gasteiger partial charge in [0.2, 0.25) is 0 Å². The van der Waals surface area contributed by atoms with Gasteiger partial charge in [-0.05, 0) is 104 Å². The van der Waals surface area contributed by atoms with Crippen LogP contribution >= 0.6 is 0 Å². The molecule has 0 aliphatic rings. The Labute approximate surface area is 269 Å². The van der Waals surface area contributed by atoms with E-state index in [2.05, 4.69) is 156 Å². The van der Waals surface area contributed by atoms with E-state index in [-0.39, 0.29) is 0 Å². The van der Waals surface area contributed by atoms with Crippen molar-refractivity contribution >= 4 is 21.5 Å². The molecule has 46 heavy (non-hydrogen) atoms. The third-order valence-corrected chi connectivity index (χ3v) is 9.05. The maximum atomic E-state index is 4.52. The van der Waals surface area contributed by atoms with Crippen molar-refractivity contribution < 1.29 is 0 Å². The van der Waals surface area contributed by atoms with Crippen LogP contribution in [0.4, 0.5) is 0 Å². The zero-order valence-electron chi connectivity index (χ0n) is 25.9. The molecule has 0 radical (unpaired) electrons. The Bertz CT molecular complexity index is 2380. The fourth-order valence-electron chi connectivity index (χ4n) is 6.72. The molecule has 218 valence electrons. The number of benzene rings is 6. The first kappa shape index (κ1) is 27.7. The lowest BCUT2D eigenvalue weighted by atomic mass is 9.87. The van der Waals surface area contributed by atoms with Crippen LogP contribution in [0, 0.1) is 13.8 Å². The minimum atomic E-state index is 1.02. The molecule has 0 atom stereocenters. The van der Waals surface area contributed by atoms with E-state index in [0.717, 1.165) is 22.5 Å². The summed E-state index contributed by atoms with van der Waals surface area (Å²) in [6.45, 7) is 4.09. The maximum Gasteiger partial charge on any atom is 0.0450 e. The first-order valence-electron chi connectivity index (χ1n) is 15.7. The van der Waals surface area contributed by atoms with Crippen LogP contribution in [0.5, 0.6) is 0 Å². The van der Waals surface area contributed by atoms with Crippen LogP contribution in [-0.4, -0.2) is 9.97 Å². The summed E-state index contributed by atoms with van der Waals surface area (Å²) in [4.78, 5) is 9.04. The van der Waals surface area contributed by atoms with E-state index in [9.17, 15) is 0 Å². The highest BCUT2D eigenvalue weighted by molar-refractivity contribution is 6.12. The number of aryl methyl sites for hydroxylation is 2.